The van der Waals surface area contributed by atoms with Gasteiger partial charge >= 0.3 is 6.03 Å². The Balaban J connectivity index is 1.20. The van der Waals surface area contributed by atoms with E-state index >= 15 is 0 Å². The van der Waals surface area contributed by atoms with Crippen molar-refractivity contribution in [1.29, 1.82) is 0 Å². The number of carbonyl (C=O) groups is 2. The average molecular weight is 457 g/mol. The number of aliphatic hydroxyl groups excluding tert-OH is 1. The first kappa shape index (κ1) is 22.2. The highest BCUT2D eigenvalue weighted by Crippen LogP contribution is 2.32. The number of imide groups is 1. The summed E-state index contributed by atoms with van der Waals surface area (Å²) < 4.78 is 5.71. The third kappa shape index (κ3) is 4.17. The van der Waals surface area contributed by atoms with E-state index in [-0.39, 0.29) is 19.1 Å². The lowest BCUT2D eigenvalue weighted by molar-refractivity contribution is -0.132. The van der Waals surface area contributed by atoms with Crippen molar-refractivity contribution in [3.63, 3.8) is 0 Å². The van der Waals surface area contributed by atoms with Crippen LogP contribution in [-0.2, 0) is 23.2 Å². The van der Waals surface area contributed by atoms with Crippen LogP contribution in [0.3, 0.4) is 0 Å². The van der Waals surface area contributed by atoms with E-state index in [0.29, 0.717) is 5.75 Å². The van der Waals surface area contributed by atoms with Crippen LogP contribution in [0.4, 0.5) is 4.79 Å². The van der Waals surface area contributed by atoms with Crippen LogP contribution in [0.25, 0.3) is 11.1 Å². The Morgan fingerprint density at radius 1 is 0.971 bits per heavy atom. The van der Waals surface area contributed by atoms with Crippen molar-refractivity contribution in [1.82, 2.24) is 10.2 Å². The number of β-amino-alcohol motifs (C(OH)–C–C–N with tert-alkyl or cyclic N) is 1. The average Bonchev–Trinajstić information content (AvgIpc) is 3.42. The Bertz CT molecular complexity index is 1210. The van der Waals surface area contributed by atoms with Crippen molar-refractivity contribution in [2.24, 2.45) is 0 Å². The Labute approximate surface area is 199 Å². The van der Waals surface area contributed by atoms with Gasteiger partial charge in [0.15, 0.2) is 0 Å². The van der Waals surface area contributed by atoms with Gasteiger partial charge in [0.1, 0.15) is 24.0 Å². The van der Waals surface area contributed by atoms with E-state index < -0.39 is 17.7 Å². The number of benzene rings is 3. The van der Waals surface area contributed by atoms with Gasteiger partial charge in [0, 0.05) is 0 Å². The number of hydrogen-bond donors (Lipinski definition) is 2. The van der Waals surface area contributed by atoms with Gasteiger partial charge in [0.2, 0.25) is 0 Å². The van der Waals surface area contributed by atoms with Crippen LogP contribution in [0.1, 0.15) is 30.0 Å². The number of hydrogen-bond acceptors (Lipinski definition) is 4. The first-order valence-electron chi connectivity index (χ1n) is 11.7. The Morgan fingerprint density at radius 2 is 1.68 bits per heavy atom. The molecule has 3 amide bonds. The number of nitrogens with zero attached hydrogens (tertiary/aromatic N) is 1. The molecule has 174 valence electrons. The van der Waals surface area contributed by atoms with Gasteiger partial charge in [-0.15, -0.1) is 0 Å². The minimum atomic E-state index is -1.14. The lowest BCUT2D eigenvalue weighted by atomic mass is 9.89. The predicted molar refractivity (Wildman–Crippen MR) is 129 cm³/mol. The number of nitrogens with one attached hydrogen (secondary N) is 1. The summed E-state index contributed by atoms with van der Waals surface area (Å²) in [5.74, 6) is 0.251. The fraction of sp³-hybridized carbons (Fsp3) is 0.286. The fourth-order valence-electron chi connectivity index (χ4n) is 4.77. The molecule has 0 aromatic heterocycles. The SMILES string of the molecule is CC1(c2ccc3c(c2)CCC3)NC(=O)N(CC(O)COc2ccc(-c3ccccc3)cc2)C1=O. The molecule has 0 radical (unpaired) electrons. The van der Waals surface area contributed by atoms with E-state index in [4.69, 9.17) is 4.74 Å². The zero-order valence-electron chi connectivity index (χ0n) is 19.2. The van der Waals surface area contributed by atoms with E-state index in [1.165, 1.54) is 11.1 Å². The van der Waals surface area contributed by atoms with Gasteiger partial charge in [-0.2, -0.15) is 0 Å². The van der Waals surface area contributed by atoms with E-state index in [0.717, 1.165) is 40.9 Å². The molecule has 1 saturated heterocycles. The maximum absolute atomic E-state index is 13.2. The van der Waals surface area contributed by atoms with Crippen molar-refractivity contribution < 1.29 is 19.4 Å². The van der Waals surface area contributed by atoms with Gasteiger partial charge in [0.25, 0.3) is 5.91 Å². The molecule has 5 rings (SSSR count). The molecular weight excluding hydrogens is 428 g/mol. The summed E-state index contributed by atoms with van der Waals surface area (Å²) in [6.07, 6.45) is 2.15. The monoisotopic (exact) mass is 456 g/mol. The molecule has 1 aliphatic heterocycles. The third-order valence-electron chi connectivity index (χ3n) is 6.75. The molecule has 6 heteroatoms. The Hall–Kier alpha value is -3.64. The summed E-state index contributed by atoms with van der Waals surface area (Å²) >= 11 is 0. The standard InChI is InChI=1S/C28H28N2O4/c1-28(23-13-10-20-8-5-9-22(20)16-23)26(32)30(27(33)29-28)17-24(31)18-34-25-14-11-21(12-15-25)19-6-3-2-4-7-19/h2-4,6-7,10-16,24,31H,5,8-9,17-18H2,1H3,(H,29,33). The third-order valence-corrected chi connectivity index (χ3v) is 6.75. The summed E-state index contributed by atoms with van der Waals surface area (Å²) in [5, 5.41) is 13.3. The summed E-state index contributed by atoms with van der Waals surface area (Å²) in [6.45, 7) is 1.56. The zero-order valence-corrected chi connectivity index (χ0v) is 19.2. The minimum absolute atomic E-state index is 0.0305. The van der Waals surface area contributed by atoms with Crippen molar-refractivity contribution in [2.75, 3.05) is 13.2 Å². The second kappa shape index (κ2) is 8.95. The number of ether oxygens (including phenoxy) is 1. The molecule has 0 spiro atoms. The lowest BCUT2D eigenvalue weighted by Crippen LogP contribution is -2.42. The van der Waals surface area contributed by atoms with Gasteiger partial charge < -0.3 is 15.2 Å². The van der Waals surface area contributed by atoms with Crippen molar-refractivity contribution in [2.45, 2.75) is 37.8 Å². The number of fused-ring (bicyclic) bond motifs is 1. The largest absolute Gasteiger partial charge is 0.491 e. The number of aryl methyl sites for hydroxylation is 2. The van der Waals surface area contributed by atoms with Crippen LogP contribution in [0.15, 0.2) is 72.8 Å². The van der Waals surface area contributed by atoms with Crippen LogP contribution in [-0.4, -0.2) is 41.2 Å². The van der Waals surface area contributed by atoms with E-state index in [1.54, 1.807) is 6.92 Å². The van der Waals surface area contributed by atoms with Crippen LogP contribution < -0.4 is 10.1 Å². The molecule has 1 heterocycles. The first-order chi connectivity index (χ1) is 16.4. The van der Waals surface area contributed by atoms with Crippen LogP contribution in [0.2, 0.25) is 0 Å². The maximum Gasteiger partial charge on any atom is 0.325 e. The van der Waals surface area contributed by atoms with Crippen molar-refractivity contribution in [3.8, 4) is 16.9 Å². The quantitative estimate of drug-likeness (QED) is 0.526. The molecule has 6 nitrogen and oxygen atoms in total. The highest BCUT2D eigenvalue weighted by molar-refractivity contribution is 6.07. The number of amides is 3. The second-order valence-corrected chi connectivity index (χ2v) is 9.16. The molecule has 3 aromatic carbocycles. The van der Waals surface area contributed by atoms with Crippen LogP contribution in [0, 0.1) is 0 Å². The second-order valence-electron chi connectivity index (χ2n) is 9.16. The van der Waals surface area contributed by atoms with Gasteiger partial charge in [-0.25, -0.2) is 4.79 Å². The molecule has 0 saturated carbocycles. The molecular formula is C28H28N2O4. The molecule has 34 heavy (non-hydrogen) atoms. The lowest BCUT2D eigenvalue weighted by Gasteiger charge is -2.24. The fourth-order valence-corrected chi connectivity index (χ4v) is 4.77. The molecule has 1 aliphatic carbocycles. The van der Waals surface area contributed by atoms with Crippen molar-refractivity contribution >= 4 is 11.9 Å². The highest BCUT2D eigenvalue weighted by Gasteiger charge is 2.49. The van der Waals surface area contributed by atoms with Gasteiger partial charge in [-0.05, 0) is 66.1 Å². The predicted octanol–water partition coefficient (Wildman–Crippen LogP) is 4.05. The smallest absolute Gasteiger partial charge is 0.325 e. The van der Waals surface area contributed by atoms with Crippen LogP contribution >= 0.6 is 0 Å². The summed E-state index contributed by atoms with van der Waals surface area (Å²) in [4.78, 5) is 26.9. The molecule has 0 bridgehead atoms. The first-order valence-corrected chi connectivity index (χ1v) is 11.7. The van der Waals surface area contributed by atoms with Gasteiger partial charge in [-0.1, -0.05) is 60.7 Å². The van der Waals surface area contributed by atoms with E-state index in [2.05, 4.69) is 11.4 Å². The van der Waals surface area contributed by atoms with Crippen LogP contribution in [0.5, 0.6) is 5.75 Å². The van der Waals surface area contributed by atoms with Crippen molar-refractivity contribution in [3.05, 3.63) is 89.5 Å². The van der Waals surface area contributed by atoms with Gasteiger partial charge in [-0.3, -0.25) is 9.69 Å². The number of carbonyl (C=O) groups excluding carboxylic acids is 2. The molecule has 2 unspecified atom stereocenters. The van der Waals surface area contributed by atoms with E-state index in [9.17, 15) is 14.7 Å². The summed E-state index contributed by atoms with van der Waals surface area (Å²) in [6, 6.07) is 23.1. The summed E-state index contributed by atoms with van der Waals surface area (Å²) in [5.41, 5.74) is 4.37. The maximum atomic E-state index is 13.2. The number of rotatable bonds is 7. The topological polar surface area (TPSA) is 78.9 Å². The normalized spacial score (nSPS) is 20.2. The molecule has 3 aromatic rings. The minimum Gasteiger partial charge on any atom is -0.491 e. The summed E-state index contributed by atoms with van der Waals surface area (Å²) in [7, 11) is 0. The molecule has 2 atom stereocenters. The van der Waals surface area contributed by atoms with E-state index in [1.807, 2.05) is 66.7 Å². The zero-order chi connectivity index (χ0) is 23.7. The molecule has 2 N–H and O–H groups in total. The Kier molecular flexibility index (Phi) is 5.84. The van der Waals surface area contributed by atoms with Gasteiger partial charge in [0.05, 0.1) is 6.54 Å². The highest BCUT2D eigenvalue weighted by atomic mass is 16.5. The number of aliphatic hydroxyl groups is 1. The molecule has 1 fully saturated rings. The molecule has 2 aliphatic rings. The Morgan fingerprint density at radius 3 is 2.44 bits per heavy atom. The number of urea groups is 1.